The molecule has 0 atom stereocenters. The zero-order chi connectivity index (χ0) is 17.1. The molecule has 0 radical (unpaired) electrons. The highest BCUT2D eigenvalue weighted by Crippen LogP contribution is 2.23. The molecule has 24 heavy (non-hydrogen) atoms. The minimum Gasteiger partial charge on any atom is -0.340 e. The lowest BCUT2D eigenvalue weighted by Gasteiger charge is -2.11. The molecule has 0 fully saturated rings. The van der Waals surface area contributed by atoms with Gasteiger partial charge < -0.3 is 10.6 Å². The highest BCUT2D eigenvalue weighted by molar-refractivity contribution is 5.65. The van der Waals surface area contributed by atoms with Crippen molar-refractivity contribution in [3.63, 3.8) is 0 Å². The summed E-state index contributed by atoms with van der Waals surface area (Å²) in [6.07, 6.45) is 1.37. The van der Waals surface area contributed by atoms with E-state index in [2.05, 4.69) is 26.7 Å². The summed E-state index contributed by atoms with van der Waals surface area (Å²) in [5.74, 6) is -0.333. The van der Waals surface area contributed by atoms with Crippen LogP contribution in [0.25, 0.3) is 0 Å². The molecule has 4 nitrogen and oxygen atoms in total. The predicted octanol–water partition coefficient (Wildman–Crippen LogP) is 4.86. The van der Waals surface area contributed by atoms with E-state index in [4.69, 9.17) is 0 Å². The van der Waals surface area contributed by atoms with Crippen molar-refractivity contribution in [2.75, 3.05) is 10.6 Å². The average molecular weight is 326 g/mol. The van der Waals surface area contributed by atoms with Crippen LogP contribution in [0.1, 0.15) is 11.1 Å². The molecule has 0 unspecified atom stereocenters. The number of hydrogen-bond donors (Lipinski definition) is 2. The lowest BCUT2D eigenvalue weighted by Crippen LogP contribution is -2.01. The number of nitrogens with zero attached hydrogens (tertiary/aromatic N) is 2. The predicted molar refractivity (Wildman–Crippen MR) is 90.9 cm³/mol. The lowest BCUT2D eigenvalue weighted by molar-refractivity contribution is 0.586. The van der Waals surface area contributed by atoms with E-state index in [1.807, 2.05) is 26.0 Å². The van der Waals surface area contributed by atoms with Crippen LogP contribution in [0, 0.1) is 25.5 Å². The highest BCUT2D eigenvalue weighted by atomic mass is 19.1. The van der Waals surface area contributed by atoms with Gasteiger partial charge in [0.15, 0.2) is 0 Å². The molecule has 122 valence electrons. The fraction of sp³-hybridized carbons (Fsp3) is 0.111. The number of aromatic nitrogens is 2. The molecular formula is C18H16F2N4. The summed E-state index contributed by atoms with van der Waals surface area (Å²) in [6.45, 7) is 4.03. The Morgan fingerprint density at radius 2 is 1.46 bits per heavy atom. The van der Waals surface area contributed by atoms with Crippen molar-refractivity contribution in [2.24, 2.45) is 0 Å². The van der Waals surface area contributed by atoms with Gasteiger partial charge in [-0.25, -0.2) is 18.7 Å². The van der Waals surface area contributed by atoms with Gasteiger partial charge in [0, 0.05) is 17.8 Å². The van der Waals surface area contributed by atoms with Gasteiger partial charge in [-0.3, -0.25) is 0 Å². The van der Waals surface area contributed by atoms with Crippen LogP contribution in [0.2, 0.25) is 0 Å². The standard InChI is InChI=1S/C18H16F2N4/c1-11-3-5-15(12(2)7-11)23-17-9-18(22-10-21-17)24-16-6-4-13(19)8-14(16)20/h3-10H,1-2H3,(H2,21,22,23,24). The summed E-state index contributed by atoms with van der Waals surface area (Å²) < 4.78 is 26.7. The summed E-state index contributed by atoms with van der Waals surface area (Å²) in [5.41, 5.74) is 3.34. The number of nitrogens with one attached hydrogen (secondary N) is 2. The van der Waals surface area contributed by atoms with E-state index in [-0.39, 0.29) is 5.69 Å². The highest BCUT2D eigenvalue weighted by Gasteiger charge is 2.06. The SMILES string of the molecule is Cc1ccc(Nc2cc(Nc3ccc(F)cc3F)ncn2)c(C)c1. The van der Waals surface area contributed by atoms with Crippen molar-refractivity contribution in [3.8, 4) is 0 Å². The number of benzene rings is 2. The third-order valence-corrected chi connectivity index (χ3v) is 3.51. The third kappa shape index (κ3) is 3.65. The van der Waals surface area contributed by atoms with Gasteiger partial charge in [-0.2, -0.15) is 0 Å². The number of hydrogen-bond acceptors (Lipinski definition) is 4. The first-order valence-corrected chi connectivity index (χ1v) is 7.39. The fourth-order valence-corrected chi connectivity index (χ4v) is 2.31. The van der Waals surface area contributed by atoms with E-state index in [0.29, 0.717) is 11.6 Å². The molecule has 2 aromatic carbocycles. The number of anilines is 4. The molecule has 0 saturated heterocycles. The van der Waals surface area contributed by atoms with Crippen molar-refractivity contribution < 1.29 is 8.78 Å². The Bertz CT molecular complexity index is 812. The molecule has 0 amide bonds. The Kier molecular flexibility index (Phi) is 4.37. The van der Waals surface area contributed by atoms with Crippen LogP contribution >= 0.6 is 0 Å². The van der Waals surface area contributed by atoms with Crippen molar-refractivity contribution in [1.29, 1.82) is 0 Å². The molecule has 2 N–H and O–H groups in total. The lowest BCUT2D eigenvalue weighted by atomic mass is 10.1. The third-order valence-electron chi connectivity index (χ3n) is 3.51. The van der Waals surface area contributed by atoms with Gasteiger partial charge in [0.05, 0.1) is 5.69 Å². The first kappa shape index (κ1) is 15.9. The normalized spacial score (nSPS) is 10.5. The van der Waals surface area contributed by atoms with Crippen LogP contribution in [-0.4, -0.2) is 9.97 Å². The summed E-state index contributed by atoms with van der Waals surface area (Å²) in [4.78, 5) is 8.21. The van der Waals surface area contributed by atoms with Crippen molar-refractivity contribution >= 4 is 23.0 Å². The molecule has 3 rings (SSSR count). The van der Waals surface area contributed by atoms with Gasteiger partial charge in [0.2, 0.25) is 0 Å². The van der Waals surface area contributed by atoms with E-state index in [1.54, 1.807) is 6.07 Å². The van der Waals surface area contributed by atoms with Gasteiger partial charge >= 0.3 is 0 Å². The quantitative estimate of drug-likeness (QED) is 0.719. The van der Waals surface area contributed by atoms with Gasteiger partial charge in [0.25, 0.3) is 0 Å². The summed E-state index contributed by atoms with van der Waals surface area (Å²) in [7, 11) is 0. The maximum Gasteiger partial charge on any atom is 0.149 e. The van der Waals surface area contributed by atoms with Crippen LogP contribution in [0.15, 0.2) is 48.8 Å². The average Bonchev–Trinajstić information content (AvgIpc) is 2.53. The molecule has 3 aromatic rings. The summed E-state index contributed by atoms with van der Waals surface area (Å²) in [6, 6.07) is 11.0. The monoisotopic (exact) mass is 326 g/mol. The zero-order valence-corrected chi connectivity index (χ0v) is 13.3. The molecule has 0 aliphatic rings. The van der Waals surface area contributed by atoms with Crippen LogP contribution in [-0.2, 0) is 0 Å². The largest absolute Gasteiger partial charge is 0.340 e. The van der Waals surface area contributed by atoms with Crippen LogP contribution in [0.4, 0.5) is 31.8 Å². The Morgan fingerprint density at radius 3 is 2.12 bits per heavy atom. The van der Waals surface area contributed by atoms with Crippen molar-refractivity contribution in [1.82, 2.24) is 9.97 Å². The van der Waals surface area contributed by atoms with Crippen molar-refractivity contribution in [2.45, 2.75) is 13.8 Å². The molecule has 1 heterocycles. The molecule has 6 heteroatoms. The fourth-order valence-electron chi connectivity index (χ4n) is 2.31. The zero-order valence-electron chi connectivity index (χ0n) is 13.3. The number of halogens is 2. The second-order valence-electron chi connectivity index (χ2n) is 5.48. The molecule has 0 saturated carbocycles. The smallest absolute Gasteiger partial charge is 0.149 e. The molecule has 0 spiro atoms. The number of rotatable bonds is 4. The first-order chi connectivity index (χ1) is 11.5. The Hall–Kier alpha value is -3.02. The minimum absolute atomic E-state index is 0.146. The minimum atomic E-state index is -0.683. The van der Waals surface area contributed by atoms with E-state index in [9.17, 15) is 8.78 Å². The maximum absolute atomic E-state index is 13.7. The topological polar surface area (TPSA) is 49.8 Å². The molecule has 0 bridgehead atoms. The Labute approximate surface area is 138 Å². The summed E-state index contributed by atoms with van der Waals surface area (Å²) >= 11 is 0. The van der Waals surface area contributed by atoms with Gasteiger partial charge in [0.1, 0.15) is 29.6 Å². The number of aryl methyl sites for hydroxylation is 2. The van der Waals surface area contributed by atoms with E-state index >= 15 is 0 Å². The van der Waals surface area contributed by atoms with E-state index in [0.717, 1.165) is 17.3 Å². The van der Waals surface area contributed by atoms with E-state index < -0.39 is 11.6 Å². The molecular weight excluding hydrogens is 310 g/mol. The van der Waals surface area contributed by atoms with Crippen molar-refractivity contribution in [3.05, 3.63) is 71.6 Å². The van der Waals surface area contributed by atoms with E-state index in [1.165, 1.54) is 24.0 Å². The van der Waals surface area contributed by atoms with Gasteiger partial charge in [-0.1, -0.05) is 17.7 Å². The van der Waals surface area contributed by atoms with Crippen LogP contribution in [0.5, 0.6) is 0 Å². The Balaban J connectivity index is 1.81. The van der Waals surface area contributed by atoms with Crippen LogP contribution < -0.4 is 10.6 Å². The van der Waals surface area contributed by atoms with Gasteiger partial charge in [-0.05, 0) is 37.6 Å². The molecule has 0 aliphatic heterocycles. The second-order valence-corrected chi connectivity index (χ2v) is 5.48. The van der Waals surface area contributed by atoms with Crippen LogP contribution in [0.3, 0.4) is 0 Å². The Morgan fingerprint density at radius 1 is 0.792 bits per heavy atom. The second kappa shape index (κ2) is 6.62. The molecule has 0 aliphatic carbocycles. The first-order valence-electron chi connectivity index (χ1n) is 7.39. The van der Waals surface area contributed by atoms with Gasteiger partial charge in [-0.15, -0.1) is 0 Å². The molecule has 1 aromatic heterocycles. The maximum atomic E-state index is 13.7. The summed E-state index contributed by atoms with van der Waals surface area (Å²) in [5, 5.41) is 6.02.